The highest BCUT2D eigenvalue weighted by atomic mass is 32.2. The first kappa shape index (κ1) is 18.9. The largest absolute Gasteiger partial charge is 0.480 e. The zero-order valence-corrected chi connectivity index (χ0v) is 15.6. The molecule has 2 N–H and O–H groups in total. The zero-order valence-electron chi connectivity index (χ0n) is 14.8. The number of carboxylic acids is 1. The average molecular weight is 388 g/mol. The second-order valence-electron chi connectivity index (χ2n) is 6.64. The Morgan fingerprint density at radius 3 is 2.30 bits per heavy atom. The Morgan fingerprint density at radius 2 is 1.70 bits per heavy atom. The Hall–Kier alpha value is -2.87. The summed E-state index contributed by atoms with van der Waals surface area (Å²) in [6, 6.07) is 14.0. The summed E-state index contributed by atoms with van der Waals surface area (Å²) in [6.45, 7) is 1.89. The summed E-state index contributed by atoms with van der Waals surface area (Å²) in [4.78, 5) is 25.6. The average Bonchev–Trinajstić information content (AvgIpc) is 3.05. The molecule has 1 heterocycles. The van der Waals surface area contributed by atoms with E-state index in [2.05, 4.69) is 4.72 Å². The molecule has 0 radical (unpaired) electrons. The second kappa shape index (κ2) is 7.03. The summed E-state index contributed by atoms with van der Waals surface area (Å²) in [5, 5.41) is 9.45. The minimum Gasteiger partial charge on any atom is -0.480 e. The van der Waals surface area contributed by atoms with Gasteiger partial charge in [0.1, 0.15) is 5.54 Å². The van der Waals surface area contributed by atoms with Gasteiger partial charge in [-0.1, -0.05) is 18.2 Å². The van der Waals surface area contributed by atoms with Crippen LogP contribution in [0.3, 0.4) is 0 Å². The number of para-hydroxylation sites is 1. The molecule has 0 spiro atoms. The molecule has 1 unspecified atom stereocenters. The lowest BCUT2D eigenvalue weighted by Gasteiger charge is -2.31. The smallest absolute Gasteiger partial charge is 0.329 e. The van der Waals surface area contributed by atoms with E-state index in [-0.39, 0.29) is 10.5 Å². The van der Waals surface area contributed by atoms with Crippen molar-refractivity contribution < 1.29 is 23.1 Å². The van der Waals surface area contributed by atoms with Gasteiger partial charge in [0.05, 0.1) is 4.90 Å². The molecule has 7 nitrogen and oxygen atoms in total. The van der Waals surface area contributed by atoms with Crippen LogP contribution in [0.1, 0.15) is 30.1 Å². The van der Waals surface area contributed by atoms with Crippen molar-refractivity contribution in [1.29, 1.82) is 0 Å². The number of sulfonamides is 1. The molecule has 0 saturated carbocycles. The van der Waals surface area contributed by atoms with Crippen LogP contribution in [0.2, 0.25) is 0 Å². The fraction of sp³-hybridized carbons (Fsp3) is 0.263. The van der Waals surface area contributed by atoms with E-state index in [9.17, 15) is 23.1 Å². The lowest BCUT2D eigenvalue weighted by Crippen LogP contribution is -2.50. The summed E-state index contributed by atoms with van der Waals surface area (Å²) >= 11 is 0. The number of rotatable bonds is 5. The number of nitrogens with one attached hydrogen (secondary N) is 1. The first-order valence-corrected chi connectivity index (χ1v) is 9.96. The summed E-state index contributed by atoms with van der Waals surface area (Å²) in [7, 11) is -3.78. The number of hydrogen-bond donors (Lipinski definition) is 2. The highest BCUT2D eigenvalue weighted by Crippen LogP contribution is 2.31. The number of anilines is 1. The van der Waals surface area contributed by atoms with E-state index in [1.807, 2.05) is 0 Å². The van der Waals surface area contributed by atoms with E-state index in [0.29, 0.717) is 25.1 Å². The van der Waals surface area contributed by atoms with Crippen LogP contribution in [0.25, 0.3) is 0 Å². The zero-order chi connectivity index (χ0) is 19.7. The van der Waals surface area contributed by atoms with Crippen molar-refractivity contribution in [3.63, 3.8) is 0 Å². The number of aliphatic carboxylic acids is 1. The molecule has 1 fully saturated rings. The Bertz CT molecular complexity index is 957. The maximum Gasteiger partial charge on any atom is 0.329 e. The molecule has 8 heteroatoms. The van der Waals surface area contributed by atoms with Crippen molar-refractivity contribution in [2.24, 2.45) is 0 Å². The molecule has 27 heavy (non-hydrogen) atoms. The van der Waals surface area contributed by atoms with Gasteiger partial charge >= 0.3 is 5.97 Å². The molecule has 1 amide bonds. The van der Waals surface area contributed by atoms with Crippen molar-refractivity contribution in [2.75, 3.05) is 11.3 Å². The van der Waals surface area contributed by atoms with Gasteiger partial charge in [-0.3, -0.25) is 9.52 Å². The fourth-order valence-electron chi connectivity index (χ4n) is 3.16. The Balaban J connectivity index is 1.81. The Labute approximate surface area is 157 Å². The quantitative estimate of drug-likeness (QED) is 0.819. The van der Waals surface area contributed by atoms with Crippen LogP contribution in [0.15, 0.2) is 59.5 Å². The molecule has 142 valence electrons. The van der Waals surface area contributed by atoms with Crippen molar-refractivity contribution in [3.05, 3.63) is 60.2 Å². The van der Waals surface area contributed by atoms with Crippen molar-refractivity contribution >= 4 is 27.6 Å². The van der Waals surface area contributed by atoms with Crippen LogP contribution < -0.4 is 4.72 Å². The molecule has 0 bridgehead atoms. The van der Waals surface area contributed by atoms with Gasteiger partial charge in [-0.05, 0) is 56.2 Å². The number of benzene rings is 2. The second-order valence-corrected chi connectivity index (χ2v) is 8.32. The number of likely N-dealkylation sites (tertiary alicyclic amines) is 1. The van der Waals surface area contributed by atoms with Gasteiger partial charge in [-0.15, -0.1) is 0 Å². The molecule has 1 saturated heterocycles. The summed E-state index contributed by atoms with van der Waals surface area (Å²) in [5.74, 6) is -1.46. The summed E-state index contributed by atoms with van der Waals surface area (Å²) in [6.07, 6.45) is 1.00. The van der Waals surface area contributed by atoms with Crippen molar-refractivity contribution in [3.8, 4) is 0 Å². The maximum atomic E-state index is 12.7. The number of carbonyl (C=O) groups excluding carboxylic acids is 1. The standard InChI is InChI=1S/C19H20N2O5S/c1-19(18(23)24)12-5-13-21(19)17(22)14-8-10-16(11-9-14)27(25,26)20-15-6-3-2-4-7-15/h2-4,6-11,20H,5,12-13H2,1H3,(H,23,24). The van der Waals surface area contributed by atoms with E-state index >= 15 is 0 Å². The number of hydrogen-bond acceptors (Lipinski definition) is 4. The molecule has 1 atom stereocenters. The monoisotopic (exact) mass is 388 g/mol. The van der Waals surface area contributed by atoms with Gasteiger partial charge in [-0.2, -0.15) is 0 Å². The summed E-state index contributed by atoms with van der Waals surface area (Å²) in [5.41, 5.74) is -0.550. The topological polar surface area (TPSA) is 104 Å². The molecule has 2 aromatic rings. The van der Waals surface area contributed by atoms with Gasteiger partial charge in [-0.25, -0.2) is 13.2 Å². The van der Waals surface area contributed by atoms with Crippen LogP contribution in [-0.2, 0) is 14.8 Å². The van der Waals surface area contributed by atoms with Crippen molar-refractivity contribution in [1.82, 2.24) is 4.90 Å². The number of nitrogens with zero attached hydrogens (tertiary/aromatic N) is 1. The number of carbonyl (C=O) groups is 2. The molecular formula is C19H20N2O5S. The third-order valence-electron chi connectivity index (χ3n) is 4.78. The van der Waals surface area contributed by atoms with Crippen LogP contribution >= 0.6 is 0 Å². The molecular weight excluding hydrogens is 368 g/mol. The van der Waals surface area contributed by atoms with Crippen LogP contribution in [0.5, 0.6) is 0 Å². The van der Waals surface area contributed by atoms with Gasteiger partial charge in [0.2, 0.25) is 0 Å². The van der Waals surface area contributed by atoms with Gasteiger partial charge in [0.15, 0.2) is 0 Å². The van der Waals surface area contributed by atoms with Gasteiger partial charge in [0, 0.05) is 17.8 Å². The lowest BCUT2D eigenvalue weighted by atomic mass is 9.98. The number of carboxylic acid groups (broad SMARTS) is 1. The van der Waals surface area contributed by atoms with Crippen LogP contribution in [-0.4, -0.2) is 42.4 Å². The highest BCUT2D eigenvalue weighted by Gasteiger charge is 2.46. The van der Waals surface area contributed by atoms with Crippen molar-refractivity contribution in [2.45, 2.75) is 30.2 Å². The highest BCUT2D eigenvalue weighted by molar-refractivity contribution is 7.92. The minimum atomic E-state index is -3.78. The maximum absolute atomic E-state index is 12.7. The molecule has 0 aliphatic carbocycles. The predicted octanol–water partition coefficient (Wildman–Crippen LogP) is 2.57. The number of amides is 1. The van der Waals surface area contributed by atoms with E-state index < -0.39 is 27.4 Å². The van der Waals surface area contributed by atoms with E-state index in [4.69, 9.17) is 0 Å². The first-order chi connectivity index (χ1) is 12.7. The Morgan fingerprint density at radius 1 is 1.07 bits per heavy atom. The summed E-state index contributed by atoms with van der Waals surface area (Å²) < 4.78 is 27.4. The normalized spacial score (nSPS) is 19.7. The third kappa shape index (κ3) is 3.66. The molecule has 2 aromatic carbocycles. The van der Waals surface area contributed by atoms with Gasteiger partial charge in [0.25, 0.3) is 15.9 Å². The third-order valence-corrected chi connectivity index (χ3v) is 6.18. The lowest BCUT2D eigenvalue weighted by molar-refractivity contribution is -0.147. The first-order valence-electron chi connectivity index (χ1n) is 8.47. The molecule has 1 aliphatic heterocycles. The SMILES string of the molecule is CC1(C(=O)O)CCCN1C(=O)c1ccc(S(=O)(=O)Nc2ccccc2)cc1. The van der Waals surface area contributed by atoms with Crippen LogP contribution in [0, 0.1) is 0 Å². The van der Waals surface area contributed by atoms with Crippen LogP contribution in [0.4, 0.5) is 5.69 Å². The fourth-order valence-corrected chi connectivity index (χ4v) is 4.22. The predicted molar refractivity (Wildman–Crippen MR) is 100 cm³/mol. The molecule has 0 aromatic heterocycles. The Kier molecular flexibility index (Phi) is 4.93. The van der Waals surface area contributed by atoms with E-state index in [1.54, 1.807) is 30.3 Å². The molecule has 1 aliphatic rings. The van der Waals surface area contributed by atoms with Gasteiger partial charge < -0.3 is 10.0 Å². The minimum absolute atomic E-state index is 0.0188. The molecule has 3 rings (SSSR count). The van der Waals surface area contributed by atoms with E-state index in [0.717, 1.165) is 0 Å². The van der Waals surface area contributed by atoms with E-state index in [1.165, 1.54) is 36.1 Å².